The Morgan fingerprint density at radius 2 is 2.18 bits per heavy atom. The summed E-state index contributed by atoms with van der Waals surface area (Å²) in [6, 6.07) is 5.28. The molecule has 0 spiro atoms. The first-order valence-electron chi connectivity index (χ1n) is 7.30. The predicted molar refractivity (Wildman–Crippen MR) is 88.1 cm³/mol. The van der Waals surface area contributed by atoms with Gasteiger partial charge in [-0.1, -0.05) is 6.07 Å². The quantitative estimate of drug-likeness (QED) is 0.764. The second-order valence-electron chi connectivity index (χ2n) is 5.52. The number of hydrogen-bond donors (Lipinski definition) is 3. The zero-order chi connectivity index (χ0) is 16.1. The van der Waals surface area contributed by atoms with Crippen molar-refractivity contribution in [2.75, 3.05) is 5.32 Å². The van der Waals surface area contributed by atoms with Crippen LogP contribution in [-0.2, 0) is 0 Å². The normalized spacial score (nSPS) is 13.9. The summed E-state index contributed by atoms with van der Waals surface area (Å²) in [5, 5.41) is 21.8. The number of thiophene rings is 1. The number of aromatic nitrogens is 2. The lowest BCUT2D eigenvalue weighted by atomic mass is 10.1. The van der Waals surface area contributed by atoms with Gasteiger partial charge < -0.3 is 10.4 Å². The molecule has 2 rings (SSSR count). The van der Waals surface area contributed by atoms with Crippen molar-refractivity contribution < 1.29 is 9.90 Å². The van der Waals surface area contributed by atoms with Crippen molar-refractivity contribution >= 4 is 23.2 Å². The van der Waals surface area contributed by atoms with E-state index >= 15 is 0 Å². The molecule has 0 aliphatic heterocycles. The Hall–Kier alpha value is -1.86. The third kappa shape index (κ3) is 4.32. The molecular formula is C15H22N4O2S. The summed E-state index contributed by atoms with van der Waals surface area (Å²) in [6.45, 7) is 5.86. The van der Waals surface area contributed by atoms with E-state index in [1.165, 1.54) is 11.3 Å². The maximum atomic E-state index is 12.0. The lowest BCUT2D eigenvalue weighted by Gasteiger charge is -2.18. The van der Waals surface area contributed by atoms with Gasteiger partial charge in [-0.25, -0.2) is 9.48 Å². The standard InChI is InChI=1S/C15H22N4O2S/c1-10(2)19-14(6-7-16-19)18-15(21)17-11(3)9-12(20)13-5-4-8-22-13/h4-8,10-12,20H,9H2,1-3H3,(H2,17,18,21)/t11-,12+/m1/s1. The van der Waals surface area contributed by atoms with E-state index in [0.717, 1.165) is 4.88 Å². The maximum Gasteiger partial charge on any atom is 0.320 e. The molecule has 2 amide bonds. The number of rotatable bonds is 6. The second kappa shape index (κ2) is 7.42. The van der Waals surface area contributed by atoms with E-state index in [0.29, 0.717) is 12.2 Å². The molecule has 2 heterocycles. The minimum atomic E-state index is -0.559. The van der Waals surface area contributed by atoms with Crippen LogP contribution in [0.1, 0.15) is 44.2 Å². The third-order valence-electron chi connectivity index (χ3n) is 3.23. The molecule has 0 bridgehead atoms. The van der Waals surface area contributed by atoms with Crippen LogP contribution < -0.4 is 10.6 Å². The minimum absolute atomic E-state index is 0.146. The van der Waals surface area contributed by atoms with Gasteiger partial charge in [-0.2, -0.15) is 5.10 Å². The van der Waals surface area contributed by atoms with E-state index in [2.05, 4.69) is 15.7 Å². The third-order valence-corrected chi connectivity index (χ3v) is 4.20. The van der Waals surface area contributed by atoms with Crippen LogP contribution in [0.25, 0.3) is 0 Å². The molecule has 7 heteroatoms. The molecule has 0 aromatic carbocycles. The Balaban J connectivity index is 1.85. The number of hydrogen-bond acceptors (Lipinski definition) is 4. The molecule has 0 saturated carbocycles. The summed E-state index contributed by atoms with van der Waals surface area (Å²) in [5.74, 6) is 0.651. The van der Waals surface area contributed by atoms with Crippen LogP contribution in [0.3, 0.4) is 0 Å². The predicted octanol–water partition coefficient (Wildman–Crippen LogP) is 3.16. The van der Waals surface area contributed by atoms with Crippen LogP contribution in [-0.4, -0.2) is 27.0 Å². The van der Waals surface area contributed by atoms with Crippen LogP contribution in [0.4, 0.5) is 10.6 Å². The molecule has 0 radical (unpaired) electrons. The molecule has 0 aliphatic carbocycles. The highest BCUT2D eigenvalue weighted by atomic mass is 32.1. The Morgan fingerprint density at radius 3 is 2.82 bits per heavy atom. The van der Waals surface area contributed by atoms with Crippen LogP contribution in [0.5, 0.6) is 0 Å². The van der Waals surface area contributed by atoms with Crippen LogP contribution in [0.2, 0.25) is 0 Å². The van der Waals surface area contributed by atoms with E-state index in [1.54, 1.807) is 16.9 Å². The molecule has 0 fully saturated rings. The van der Waals surface area contributed by atoms with E-state index < -0.39 is 6.10 Å². The van der Waals surface area contributed by atoms with Crippen LogP contribution in [0.15, 0.2) is 29.8 Å². The number of anilines is 1. The molecule has 6 nitrogen and oxygen atoms in total. The van der Waals surface area contributed by atoms with Crippen molar-refractivity contribution in [3.05, 3.63) is 34.7 Å². The number of urea groups is 1. The van der Waals surface area contributed by atoms with E-state index in [4.69, 9.17) is 0 Å². The SMILES string of the molecule is CC(C)n1nccc1NC(=O)N[C@H](C)C[C@H](O)c1cccs1. The zero-order valence-electron chi connectivity index (χ0n) is 13.0. The Kier molecular flexibility index (Phi) is 5.57. The fourth-order valence-electron chi connectivity index (χ4n) is 2.19. The molecule has 2 aromatic heterocycles. The molecule has 2 aromatic rings. The Bertz CT molecular complexity index is 594. The molecule has 2 atom stereocenters. The van der Waals surface area contributed by atoms with Gasteiger partial charge in [0.25, 0.3) is 0 Å². The molecule has 0 saturated heterocycles. The Labute approximate surface area is 134 Å². The van der Waals surface area contributed by atoms with Gasteiger partial charge in [-0.15, -0.1) is 11.3 Å². The van der Waals surface area contributed by atoms with Gasteiger partial charge in [0.2, 0.25) is 0 Å². The summed E-state index contributed by atoms with van der Waals surface area (Å²) in [7, 11) is 0. The first-order chi connectivity index (χ1) is 10.5. The van der Waals surface area contributed by atoms with Crippen molar-refractivity contribution in [1.29, 1.82) is 0 Å². The lowest BCUT2D eigenvalue weighted by molar-refractivity contribution is 0.158. The monoisotopic (exact) mass is 322 g/mol. The van der Waals surface area contributed by atoms with E-state index in [1.807, 2.05) is 38.3 Å². The number of carbonyl (C=O) groups is 1. The fraction of sp³-hybridized carbons (Fsp3) is 0.467. The topological polar surface area (TPSA) is 79.2 Å². The van der Waals surface area contributed by atoms with Crippen LogP contribution in [0, 0.1) is 0 Å². The first-order valence-corrected chi connectivity index (χ1v) is 8.18. The van der Waals surface area contributed by atoms with E-state index in [-0.39, 0.29) is 18.1 Å². The number of nitrogens with zero attached hydrogens (tertiary/aromatic N) is 2. The second-order valence-corrected chi connectivity index (χ2v) is 6.50. The summed E-state index contributed by atoms with van der Waals surface area (Å²) >= 11 is 1.51. The molecule has 0 unspecified atom stereocenters. The number of aliphatic hydroxyl groups is 1. The summed E-state index contributed by atoms with van der Waals surface area (Å²) < 4.78 is 1.74. The highest BCUT2D eigenvalue weighted by molar-refractivity contribution is 7.10. The Morgan fingerprint density at radius 1 is 1.41 bits per heavy atom. The molecular weight excluding hydrogens is 300 g/mol. The molecule has 22 heavy (non-hydrogen) atoms. The van der Waals surface area contributed by atoms with Crippen molar-refractivity contribution in [2.45, 2.75) is 45.4 Å². The first kappa shape index (κ1) is 16.5. The van der Waals surface area contributed by atoms with Gasteiger partial charge in [0.1, 0.15) is 5.82 Å². The van der Waals surface area contributed by atoms with Gasteiger partial charge in [0.05, 0.1) is 12.3 Å². The van der Waals surface area contributed by atoms with Crippen molar-refractivity contribution in [3.63, 3.8) is 0 Å². The van der Waals surface area contributed by atoms with Crippen molar-refractivity contribution in [1.82, 2.24) is 15.1 Å². The largest absolute Gasteiger partial charge is 0.387 e. The molecule has 0 aliphatic rings. The van der Waals surface area contributed by atoms with Crippen LogP contribution >= 0.6 is 11.3 Å². The average Bonchev–Trinajstić information content (AvgIpc) is 3.08. The minimum Gasteiger partial charge on any atom is -0.387 e. The summed E-state index contributed by atoms with van der Waals surface area (Å²) in [4.78, 5) is 12.9. The zero-order valence-corrected chi connectivity index (χ0v) is 13.8. The average molecular weight is 322 g/mol. The summed E-state index contributed by atoms with van der Waals surface area (Å²) in [6.07, 6.45) is 1.56. The smallest absolute Gasteiger partial charge is 0.320 e. The van der Waals surface area contributed by atoms with Gasteiger partial charge >= 0.3 is 6.03 Å². The number of amides is 2. The molecule has 3 N–H and O–H groups in total. The highest BCUT2D eigenvalue weighted by Gasteiger charge is 2.16. The van der Waals surface area contributed by atoms with E-state index in [9.17, 15) is 9.90 Å². The van der Waals surface area contributed by atoms with Gasteiger partial charge in [-0.3, -0.25) is 5.32 Å². The summed E-state index contributed by atoms with van der Waals surface area (Å²) in [5.41, 5.74) is 0. The van der Waals surface area contributed by atoms with Crippen molar-refractivity contribution in [3.8, 4) is 0 Å². The fourth-order valence-corrected chi connectivity index (χ4v) is 2.92. The lowest BCUT2D eigenvalue weighted by Crippen LogP contribution is -2.37. The van der Waals surface area contributed by atoms with Gasteiger partial charge in [-0.05, 0) is 38.6 Å². The van der Waals surface area contributed by atoms with Crippen molar-refractivity contribution in [2.24, 2.45) is 0 Å². The molecule has 120 valence electrons. The maximum absolute atomic E-state index is 12.0. The number of carbonyl (C=O) groups excluding carboxylic acids is 1. The highest BCUT2D eigenvalue weighted by Crippen LogP contribution is 2.22. The number of aliphatic hydroxyl groups excluding tert-OH is 1. The van der Waals surface area contributed by atoms with Gasteiger partial charge in [0, 0.05) is 23.0 Å². The van der Waals surface area contributed by atoms with Gasteiger partial charge in [0.15, 0.2) is 0 Å². The number of nitrogens with one attached hydrogen (secondary N) is 2.